The number of thiazole rings is 1. The van der Waals surface area contributed by atoms with Gasteiger partial charge in [0.2, 0.25) is 0 Å². The third kappa shape index (κ3) is 6.55. The zero-order valence-corrected chi connectivity index (χ0v) is 22.3. The lowest BCUT2D eigenvalue weighted by molar-refractivity contribution is 0.114. The van der Waals surface area contributed by atoms with Gasteiger partial charge in [-0.05, 0) is 60.4 Å². The Labute approximate surface area is 212 Å². The van der Waals surface area contributed by atoms with E-state index in [0.717, 1.165) is 60.3 Å². The van der Waals surface area contributed by atoms with Gasteiger partial charge in [-0.1, -0.05) is 0 Å². The predicted octanol–water partition coefficient (Wildman–Crippen LogP) is 4.81. The maximum atomic E-state index is 11.7. The van der Waals surface area contributed by atoms with E-state index in [0.29, 0.717) is 18.9 Å². The van der Waals surface area contributed by atoms with Gasteiger partial charge in [-0.25, -0.2) is 14.8 Å². The van der Waals surface area contributed by atoms with Crippen LogP contribution in [0, 0.1) is 6.92 Å². The summed E-state index contributed by atoms with van der Waals surface area (Å²) in [5.41, 5.74) is -0.263. The van der Waals surface area contributed by atoms with Gasteiger partial charge in [0.25, 0.3) is 0 Å². The second-order valence-electron chi connectivity index (χ2n) is 10.6. The van der Waals surface area contributed by atoms with Crippen LogP contribution in [0.2, 0.25) is 0 Å². The first-order valence-electron chi connectivity index (χ1n) is 12.4. The minimum Gasteiger partial charge on any atom is -0.490 e. The van der Waals surface area contributed by atoms with Crippen molar-refractivity contribution < 1.29 is 14.6 Å². The van der Waals surface area contributed by atoms with Crippen molar-refractivity contribution in [1.82, 2.24) is 19.8 Å². The zero-order chi connectivity index (χ0) is 25.2. The molecule has 0 saturated carbocycles. The number of hydrogen-bond acceptors (Lipinski definition) is 8. The van der Waals surface area contributed by atoms with Crippen LogP contribution in [0.3, 0.4) is 0 Å². The highest BCUT2D eigenvalue weighted by Crippen LogP contribution is 2.35. The maximum Gasteiger partial charge on any atom is 0.407 e. The molecule has 2 saturated heterocycles. The number of amides is 1. The largest absolute Gasteiger partial charge is 0.490 e. The number of hydrogen-bond donors (Lipinski definition) is 2. The van der Waals surface area contributed by atoms with Gasteiger partial charge in [-0.2, -0.15) is 0 Å². The third-order valence-electron chi connectivity index (χ3n) is 6.61. The number of nitrogens with zero attached hydrogens (tertiary/aromatic N) is 5. The molecule has 0 aromatic carbocycles. The van der Waals surface area contributed by atoms with E-state index < -0.39 is 6.09 Å². The quantitative estimate of drug-likeness (QED) is 0.581. The monoisotopic (exact) mass is 502 g/mol. The molecule has 2 N–H and O–H groups in total. The number of nitrogens with one attached hydrogen (secondary N) is 1. The van der Waals surface area contributed by atoms with Crippen LogP contribution in [0.1, 0.15) is 51.3 Å². The number of aromatic nitrogens is 2. The number of anilines is 3. The van der Waals surface area contributed by atoms with Crippen LogP contribution in [-0.2, 0) is 0 Å². The average molecular weight is 503 g/mol. The first-order valence-corrected chi connectivity index (χ1v) is 13.2. The Balaban J connectivity index is 1.67. The minimum atomic E-state index is -0.864. The highest BCUT2D eigenvalue weighted by atomic mass is 32.1. The first kappa shape index (κ1) is 25.5. The fraction of sp³-hybridized carbons (Fsp3) is 0.640. The SMILES string of the molecule is Cc1cnc(Nc2cc(OC3CCN(C)CC3)cc(N([C@H]3CCCN(C(=O)O)C3)C(C)(C)C)n2)s1. The molecule has 2 aliphatic heterocycles. The normalized spacial score (nSPS) is 20.0. The maximum absolute atomic E-state index is 11.7. The molecule has 35 heavy (non-hydrogen) atoms. The molecule has 0 unspecified atom stereocenters. The number of rotatable bonds is 6. The van der Waals surface area contributed by atoms with E-state index in [1.165, 1.54) is 4.90 Å². The third-order valence-corrected chi connectivity index (χ3v) is 7.44. The van der Waals surface area contributed by atoms with Crippen molar-refractivity contribution in [3.05, 3.63) is 23.2 Å². The van der Waals surface area contributed by atoms with Crippen molar-refractivity contribution in [2.45, 2.75) is 71.1 Å². The number of carboxylic acid groups (broad SMARTS) is 1. The summed E-state index contributed by atoms with van der Waals surface area (Å²) < 4.78 is 6.48. The Hall–Kier alpha value is -2.59. The molecule has 1 amide bonds. The van der Waals surface area contributed by atoms with Gasteiger partial charge in [-0.3, -0.25) is 0 Å². The van der Waals surface area contributed by atoms with E-state index in [2.05, 4.69) is 47.9 Å². The van der Waals surface area contributed by atoms with E-state index in [1.807, 2.05) is 25.3 Å². The number of likely N-dealkylation sites (tertiary alicyclic amines) is 2. The van der Waals surface area contributed by atoms with Gasteiger partial charge in [0.1, 0.15) is 23.5 Å². The van der Waals surface area contributed by atoms with Crippen LogP contribution in [0.5, 0.6) is 5.75 Å². The van der Waals surface area contributed by atoms with Crippen LogP contribution >= 0.6 is 11.3 Å². The van der Waals surface area contributed by atoms with Gasteiger partial charge >= 0.3 is 6.09 Å². The van der Waals surface area contributed by atoms with Crippen LogP contribution in [0.4, 0.5) is 21.6 Å². The molecular formula is C25H38N6O3S. The molecule has 1 atom stereocenters. The van der Waals surface area contributed by atoms with E-state index in [9.17, 15) is 9.90 Å². The second kappa shape index (κ2) is 10.6. The molecule has 2 fully saturated rings. The highest BCUT2D eigenvalue weighted by molar-refractivity contribution is 7.15. The molecule has 10 heteroatoms. The Bertz CT molecular complexity index is 1010. The molecule has 0 radical (unpaired) electrons. The standard InChI is InChI=1S/C25H38N6O3S/c1-17-15-26-23(35-17)28-21-13-20(34-19-8-11-29(5)12-9-19)14-22(27-21)31(25(2,3)4)18-7-6-10-30(16-18)24(32)33/h13-15,18-19H,6-12,16H2,1-5H3,(H,32,33)(H,26,27,28)/t18-/m0/s1. The Morgan fingerprint density at radius 3 is 2.60 bits per heavy atom. The van der Waals surface area contributed by atoms with Crippen molar-refractivity contribution in [2.75, 3.05) is 43.4 Å². The number of pyridine rings is 1. The van der Waals surface area contributed by atoms with Crippen molar-refractivity contribution in [3.8, 4) is 5.75 Å². The number of ether oxygens (including phenoxy) is 1. The lowest BCUT2D eigenvalue weighted by atomic mass is 9.97. The Kier molecular flexibility index (Phi) is 7.70. The van der Waals surface area contributed by atoms with E-state index in [4.69, 9.17) is 9.72 Å². The second-order valence-corrected chi connectivity index (χ2v) is 11.9. The summed E-state index contributed by atoms with van der Waals surface area (Å²) in [5.74, 6) is 2.25. The van der Waals surface area contributed by atoms with Gasteiger partial charge in [0.05, 0.1) is 0 Å². The molecule has 4 heterocycles. The summed E-state index contributed by atoms with van der Waals surface area (Å²) in [7, 11) is 2.14. The van der Waals surface area contributed by atoms with E-state index >= 15 is 0 Å². The Morgan fingerprint density at radius 2 is 1.97 bits per heavy atom. The van der Waals surface area contributed by atoms with Crippen molar-refractivity contribution in [2.24, 2.45) is 0 Å². The molecule has 9 nitrogen and oxygen atoms in total. The topological polar surface area (TPSA) is 94.1 Å². The average Bonchev–Trinajstić information content (AvgIpc) is 3.19. The molecule has 2 aromatic rings. The number of piperidine rings is 2. The van der Waals surface area contributed by atoms with Crippen molar-refractivity contribution >= 4 is 34.2 Å². The number of aryl methyl sites for hydroxylation is 1. The van der Waals surface area contributed by atoms with Crippen LogP contribution in [0.15, 0.2) is 18.3 Å². The summed E-state index contributed by atoms with van der Waals surface area (Å²) in [6.45, 7) is 11.6. The van der Waals surface area contributed by atoms with Gasteiger partial charge in [0.15, 0.2) is 5.13 Å². The summed E-state index contributed by atoms with van der Waals surface area (Å²) in [5, 5.41) is 13.8. The summed E-state index contributed by atoms with van der Waals surface area (Å²) >= 11 is 1.58. The lowest BCUT2D eigenvalue weighted by Gasteiger charge is -2.46. The van der Waals surface area contributed by atoms with Crippen LogP contribution in [0.25, 0.3) is 0 Å². The van der Waals surface area contributed by atoms with Crippen molar-refractivity contribution in [1.29, 1.82) is 0 Å². The highest BCUT2D eigenvalue weighted by Gasteiger charge is 2.35. The van der Waals surface area contributed by atoms with Crippen LogP contribution in [-0.4, -0.2) is 81.9 Å². The van der Waals surface area contributed by atoms with Gasteiger partial charge in [0, 0.05) is 61.0 Å². The minimum absolute atomic E-state index is 0.0286. The first-order chi connectivity index (χ1) is 16.6. The molecule has 0 aliphatic carbocycles. The van der Waals surface area contributed by atoms with E-state index in [1.54, 1.807) is 11.3 Å². The molecule has 2 aromatic heterocycles. The molecule has 0 spiro atoms. The number of carbonyl (C=O) groups is 1. The van der Waals surface area contributed by atoms with E-state index in [-0.39, 0.29) is 17.7 Å². The van der Waals surface area contributed by atoms with Gasteiger partial charge in [-0.15, -0.1) is 11.3 Å². The Morgan fingerprint density at radius 1 is 1.23 bits per heavy atom. The molecular weight excluding hydrogens is 464 g/mol. The summed E-state index contributed by atoms with van der Waals surface area (Å²) in [6, 6.07) is 3.99. The zero-order valence-electron chi connectivity index (χ0n) is 21.5. The lowest BCUT2D eigenvalue weighted by Crippen LogP contribution is -2.56. The summed E-state index contributed by atoms with van der Waals surface area (Å²) in [4.78, 5) is 28.4. The molecule has 4 rings (SSSR count). The smallest absolute Gasteiger partial charge is 0.407 e. The fourth-order valence-electron chi connectivity index (χ4n) is 4.98. The fourth-order valence-corrected chi connectivity index (χ4v) is 5.65. The molecule has 192 valence electrons. The molecule has 2 aliphatic rings. The van der Waals surface area contributed by atoms with Crippen LogP contribution < -0.4 is 15.0 Å². The predicted molar refractivity (Wildman–Crippen MR) is 140 cm³/mol. The van der Waals surface area contributed by atoms with Crippen molar-refractivity contribution in [3.63, 3.8) is 0 Å². The molecule has 0 bridgehead atoms. The van der Waals surface area contributed by atoms with Gasteiger partial charge < -0.3 is 29.9 Å². The summed E-state index contributed by atoms with van der Waals surface area (Å²) in [6.07, 6.45) is 4.87.